The van der Waals surface area contributed by atoms with Crippen molar-refractivity contribution in [1.82, 2.24) is 0 Å². The molecule has 0 spiro atoms. The van der Waals surface area contributed by atoms with E-state index in [1.165, 1.54) is 10.8 Å². The fourth-order valence-corrected chi connectivity index (χ4v) is 2.85. The Morgan fingerprint density at radius 1 is 1.17 bits per heavy atom. The van der Waals surface area contributed by atoms with Gasteiger partial charge in [0.25, 0.3) is 0 Å². The molecule has 0 aliphatic heterocycles. The van der Waals surface area contributed by atoms with E-state index in [9.17, 15) is 5.11 Å². The molecule has 0 amide bonds. The smallest absolute Gasteiger partial charge is 0.133 e. The lowest BCUT2D eigenvalue weighted by molar-refractivity contribution is 0.115. The number of aliphatic hydroxyl groups excluding tert-OH is 1. The summed E-state index contributed by atoms with van der Waals surface area (Å²) in [6, 6.07) is 12.3. The van der Waals surface area contributed by atoms with E-state index < -0.39 is 0 Å². The van der Waals surface area contributed by atoms with E-state index in [1.54, 1.807) is 6.92 Å². The fraction of sp³-hybridized carbons (Fsp3) is 0.333. The highest BCUT2D eigenvalue weighted by Crippen LogP contribution is 2.30. The Balaban J connectivity index is 2.26. The number of ether oxygens (including phenoxy) is 1. The minimum Gasteiger partial charge on any atom is -0.489 e. The van der Waals surface area contributed by atoms with E-state index >= 15 is 0 Å². The molecule has 96 valence electrons. The highest BCUT2D eigenvalue weighted by atomic mass is 127. The number of aliphatic hydroxyl groups is 1. The van der Waals surface area contributed by atoms with Crippen LogP contribution < -0.4 is 4.74 Å². The quantitative estimate of drug-likeness (QED) is 0.840. The van der Waals surface area contributed by atoms with Crippen molar-refractivity contribution in [3.05, 3.63) is 40.0 Å². The van der Waals surface area contributed by atoms with Crippen LogP contribution in [0.15, 0.2) is 36.4 Å². The van der Waals surface area contributed by atoms with Crippen molar-refractivity contribution in [3.8, 4) is 5.75 Å². The second-order valence-corrected chi connectivity index (χ2v) is 5.69. The molecule has 0 heterocycles. The molecule has 2 atom stereocenters. The van der Waals surface area contributed by atoms with Crippen LogP contribution in [-0.2, 0) is 0 Å². The van der Waals surface area contributed by atoms with Crippen molar-refractivity contribution in [3.63, 3.8) is 0 Å². The Bertz CT molecular complexity index is 537. The standard InChI is InChI=1S/C15H17IO2/c1-10(17)9-11(2)18-14-8-7-12-5-3-4-6-13(12)15(14)16/h3-8,10-11,17H,9H2,1-2H3/t10-,11+/m0/s1. The van der Waals surface area contributed by atoms with Crippen LogP contribution in [0.25, 0.3) is 10.8 Å². The minimum absolute atomic E-state index is 0.0136. The molecule has 2 aromatic carbocycles. The molecule has 0 aliphatic rings. The van der Waals surface area contributed by atoms with Crippen LogP contribution in [0.2, 0.25) is 0 Å². The van der Waals surface area contributed by atoms with Gasteiger partial charge in [0.1, 0.15) is 5.75 Å². The van der Waals surface area contributed by atoms with Gasteiger partial charge in [-0.3, -0.25) is 0 Å². The van der Waals surface area contributed by atoms with Gasteiger partial charge in [-0.2, -0.15) is 0 Å². The summed E-state index contributed by atoms with van der Waals surface area (Å²) < 4.78 is 7.02. The van der Waals surface area contributed by atoms with Gasteiger partial charge in [-0.15, -0.1) is 0 Å². The molecule has 0 saturated carbocycles. The van der Waals surface area contributed by atoms with Crippen molar-refractivity contribution in [1.29, 1.82) is 0 Å². The van der Waals surface area contributed by atoms with Crippen molar-refractivity contribution < 1.29 is 9.84 Å². The lowest BCUT2D eigenvalue weighted by Crippen LogP contribution is -2.18. The largest absolute Gasteiger partial charge is 0.489 e. The average Bonchev–Trinajstić information content (AvgIpc) is 2.32. The van der Waals surface area contributed by atoms with Crippen molar-refractivity contribution in [2.45, 2.75) is 32.5 Å². The first-order valence-electron chi connectivity index (χ1n) is 6.10. The predicted octanol–water partition coefficient (Wildman–Crippen LogP) is 3.98. The van der Waals surface area contributed by atoms with E-state index in [-0.39, 0.29) is 12.2 Å². The summed E-state index contributed by atoms with van der Waals surface area (Å²) in [6.07, 6.45) is 0.320. The third-order valence-electron chi connectivity index (χ3n) is 2.83. The zero-order valence-electron chi connectivity index (χ0n) is 10.6. The van der Waals surface area contributed by atoms with Crippen LogP contribution in [0, 0.1) is 3.57 Å². The lowest BCUT2D eigenvalue weighted by Gasteiger charge is -2.18. The van der Waals surface area contributed by atoms with Gasteiger partial charge >= 0.3 is 0 Å². The van der Waals surface area contributed by atoms with Gasteiger partial charge < -0.3 is 9.84 Å². The van der Waals surface area contributed by atoms with Crippen LogP contribution >= 0.6 is 22.6 Å². The molecule has 18 heavy (non-hydrogen) atoms. The van der Waals surface area contributed by atoms with Crippen LogP contribution in [0.5, 0.6) is 5.75 Å². The van der Waals surface area contributed by atoms with Crippen LogP contribution in [0.3, 0.4) is 0 Å². The third kappa shape index (κ3) is 3.14. The number of rotatable bonds is 4. The second kappa shape index (κ2) is 5.89. The number of fused-ring (bicyclic) bond motifs is 1. The lowest BCUT2D eigenvalue weighted by atomic mass is 10.1. The summed E-state index contributed by atoms with van der Waals surface area (Å²) in [5.74, 6) is 0.891. The molecule has 2 aromatic rings. The van der Waals surface area contributed by atoms with Crippen molar-refractivity contribution in [2.24, 2.45) is 0 Å². The van der Waals surface area contributed by atoms with Crippen LogP contribution in [0.4, 0.5) is 0 Å². The third-order valence-corrected chi connectivity index (χ3v) is 3.94. The maximum atomic E-state index is 9.36. The summed E-state index contributed by atoms with van der Waals surface area (Å²) >= 11 is 2.32. The van der Waals surface area contributed by atoms with E-state index in [2.05, 4.69) is 40.8 Å². The topological polar surface area (TPSA) is 29.5 Å². The highest BCUT2D eigenvalue weighted by molar-refractivity contribution is 14.1. The minimum atomic E-state index is -0.335. The normalized spacial score (nSPS) is 14.4. The molecule has 0 unspecified atom stereocenters. The molecular weight excluding hydrogens is 339 g/mol. The average molecular weight is 356 g/mol. The summed E-state index contributed by atoms with van der Waals surface area (Å²) in [5.41, 5.74) is 0. The Morgan fingerprint density at radius 3 is 2.61 bits per heavy atom. The summed E-state index contributed by atoms with van der Waals surface area (Å²) in [5, 5.41) is 11.8. The molecule has 0 aliphatic carbocycles. The number of hydrogen-bond acceptors (Lipinski definition) is 2. The number of halogens is 1. The molecule has 3 heteroatoms. The molecule has 2 rings (SSSR count). The molecule has 0 fully saturated rings. The van der Waals surface area contributed by atoms with E-state index in [0.717, 1.165) is 9.32 Å². The molecule has 0 radical (unpaired) electrons. The van der Waals surface area contributed by atoms with Crippen LogP contribution in [0.1, 0.15) is 20.3 Å². The zero-order valence-corrected chi connectivity index (χ0v) is 12.7. The molecule has 0 bridgehead atoms. The van der Waals surface area contributed by atoms with Gasteiger partial charge in [0.15, 0.2) is 0 Å². The Hall–Kier alpha value is -0.810. The molecule has 0 aromatic heterocycles. The second-order valence-electron chi connectivity index (χ2n) is 4.61. The zero-order chi connectivity index (χ0) is 13.1. The van der Waals surface area contributed by atoms with Gasteiger partial charge in [0, 0.05) is 6.42 Å². The monoisotopic (exact) mass is 356 g/mol. The molecule has 2 nitrogen and oxygen atoms in total. The van der Waals surface area contributed by atoms with Crippen LogP contribution in [-0.4, -0.2) is 17.3 Å². The summed E-state index contributed by atoms with van der Waals surface area (Å²) in [7, 11) is 0. The Kier molecular flexibility index (Phi) is 4.45. The Morgan fingerprint density at radius 2 is 1.89 bits per heavy atom. The first-order chi connectivity index (χ1) is 8.58. The van der Waals surface area contributed by atoms with E-state index in [1.807, 2.05) is 25.1 Å². The fourth-order valence-electron chi connectivity index (χ4n) is 2.05. The maximum Gasteiger partial charge on any atom is 0.133 e. The van der Waals surface area contributed by atoms with E-state index in [0.29, 0.717) is 6.42 Å². The van der Waals surface area contributed by atoms with Gasteiger partial charge in [0.2, 0.25) is 0 Å². The maximum absolute atomic E-state index is 9.36. The molecule has 1 N–H and O–H groups in total. The Labute approximate surface area is 121 Å². The van der Waals surface area contributed by atoms with Gasteiger partial charge in [-0.1, -0.05) is 30.3 Å². The SMILES string of the molecule is C[C@H](O)C[C@@H](C)Oc1ccc2ccccc2c1I. The number of hydrogen-bond donors (Lipinski definition) is 1. The van der Waals surface area contributed by atoms with Gasteiger partial charge in [0.05, 0.1) is 15.8 Å². The number of benzene rings is 2. The first kappa shape index (κ1) is 13.6. The van der Waals surface area contributed by atoms with Gasteiger partial charge in [-0.25, -0.2) is 0 Å². The summed E-state index contributed by atoms with van der Waals surface area (Å²) in [4.78, 5) is 0. The van der Waals surface area contributed by atoms with Crippen molar-refractivity contribution >= 4 is 33.4 Å². The first-order valence-corrected chi connectivity index (χ1v) is 7.17. The van der Waals surface area contributed by atoms with E-state index in [4.69, 9.17) is 4.74 Å². The van der Waals surface area contributed by atoms with Crippen molar-refractivity contribution in [2.75, 3.05) is 0 Å². The highest BCUT2D eigenvalue weighted by Gasteiger charge is 2.11. The molecule has 0 saturated heterocycles. The predicted molar refractivity (Wildman–Crippen MR) is 83.1 cm³/mol. The van der Waals surface area contributed by atoms with Gasteiger partial charge in [-0.05, 0) is 53.3 Å². The molecular formula is C15H17IO2. The summed E-state index contributed by atoms with van der Waals surface area (Å²) in [6.45, 7) is 3.77.